The first-order chi connectivity index (χ1) is 7.88. The fraction of sp³-hybridized carbons (Fsp3) is 0.583. The van der Waals surface area contributed by atoms with Gasteiger partial charge in [0.25, 0.3) is 0 Å². The van der Waals surface area contributed by atoms with Gasteiger partial charge in [0.2, 0.25) is 0 Å². The minimum atomic E-state index is -0.346. The van der Waals surface area contributed by atoms with Crippen molar-refractivity contribution in [3.8, 4) is 0 Å². The standard InChI is InChI=1S/C12H16BrFN2O/c1-12(2)7-16(6-10(12)17)5-8-3-9(14)11(13)15-4-8/h3-4,10,17H,5-7H2,1-2H3. The highest BCUT2D eigenvalue weighted by Crippen LogP contribution is 2.30. The molecule has 0 bridgehead atoms. The van der Waals surface area contributed by atoms with E-state index in [9.17, 15) is 9.50 Å². The predicted molar refractivity (Wildman–Crippen MR) is 67.0 cm³/mol. The second-order valence-corrected chi connectivity index (χ2v) is 6.04. The van der Waals surface area contributed by atoms with Crippen molar-refractivity contribution in [3.63, 3.8) is 0 Å². The van der Waals surface area contributed by atoms with Gasteiger partial charge in [0.15, 0.2) is 5.82 Å². The van der Waals surface area contributed by atoms with E-state index in [4.69, 9.17) is 0 Å². The summed E-state index contributed by atoms with van der Waals surface area (Å²) in [5, 5.41) is 9.87. The van der Waals surface area contributed by atoms with Crippen molar-refractivity contribution in [2.45, 2.75) is 26.5 Å². The van der Waals surface area contributed by atoms with E-state index >= 15 is 0 Å². The van der Waals surface area contributed by atoms with Gasteiger partial charge in [0, 0.05) is 31.2 Å². The molecule has 1 fully saturated rings. The highest BCUT2D eigenvalue weighted by Gasteiger charge is 2.37. The summed E-state index contributed by atoms with van der Waals surface area (Å²) in [4.78, 5) is 6.05. The molecule has 5 heteroatoms. The Balaban J connectivity index is 2.05. The average Bonchev–Trinajstić information content (AvgIpc) is 2.46. The Morgan fingerprint density at radius 1 is 1.65 bits per heavy atom. The van der Waals surface area contributed by atoms with Gasteiger partial charge in [0.1, 0.15) is 4.60 Å². The van der Waals surface area contributed by atoms with Gasteiger partial charge in [-0.15, -0.1) is 0 Å². The fourth-order valence-electron chi connectivity index (χ4n) is 2.16. The molecule has 0 saturated carbocycles. The van der Waals surface area contributed by atoms with Gasteiger partial charge < -0.3 is 5.11 Å². The number of halogens is 2. The van der Waals surface area contributed by atoms with Crippen molar-refractivity contribution in [1.82, 2.24) is 9.88 Å². The minimum Gasteiger partial charge on any atom is -0.391 e. The molecule has 17 heavy (non-hydrogen) atoms. The largest absolute Gasteiger partial charge is 0.391 e. The van der Waals surface area contributed by atoms with Crippen molar-refractivity contribution in [3.05, 3.63) is 28.2 Å². The maximum absolute atomic E-state index is 13.3. The molecule has 1 aliphatic rings. The maximum atomic E-state index is 13.3. The Labute approximate surface area is 109 Å². The lowest BCUT2D eigenvalue weighted by Crippen LogP contribution is -2.26. The third kappa shape index (κ3) is 2.84. The minimum absolute atomic E-state index is 0.0959. The molecule has 1 aliphatic heterocycles. The van der Waals surface area contributed by atoms with Gasteiger partial charge in [-0.05, 0) is 27.6 Å². The molecule has 2 heterocycles. The van der Waals surface area contributed by atoms with Crippen LogP contribution < -0.4 is 0 Å². The van der Waals surface area contributed by atoms with Crippen LogP contribution in [0, 0.1) is 11.2 Å². The summed E-state index contributed by atoms with van der Waals surface area (Å²) < 4.78 is 13.5. The van der Waals surface area contributed by atoms with Crippen LogP contribution in [0.4, 0.5) is 4.39 Å². The summed E-state index contributed by atoms with van der Waals surface area (Å²) in [6, 6.07) is 1.48. The quantitative estimate of drug-likeness (QED) is 0.851. The first-order valence-electron chi connectivity index (χ1n) is 5.59. The van der Waals surface area contributed by atoms with Crippen LogP contribution >= 0.6 is 15.9 Å². The smallest absolute Gasteiger partial charge is 0.156 e. The summed E-state index contributed by atoms with van der Waals surface area (Å²) in [5.74, 6) is -0.346. The van der Waals surface area contributed by atoms with Crippen LogP contribution in [0.1, 0.15) is 19.4 Å². The van der Waals surface area contributed by atoms with Crippen LogP contribution in [0.2, 0.25) is 0 Å². The number of pyridine rings is 1. The summed E-state index contributed by atoms with van der Waals surface area (Å²) in [5.41, 5.74) is 0.733. The molecule has 0 aliphatic carbocycles. The molecular formula is C12H16BrFN2O. The molecule has 3 nitrogen and oxygen atoms in total. The highest BCUT2D eigenvalue weighted by atomic mass is 79.9. The van der Waals surface area contributed by atoms with Crippen LogP contribution in [0.15, 0.2) is 16.9 Å². The van der Waals surface area contributed by atoms with Crippen LogP contribution in [0.25, 0.3) is 0 Å². The van der Waals surface area contributed by atoms with E-state index in [-0.39, 0.29) is 21.9 Å². The molecule has 1 N–H and O–H groups in total. The number of aliphatic hydroxyl groups is 1. The van der Waals surface area contributed by atoms with Crippen molar-refractivity contribution >= 4 is 15.9 Å². The third-order valence-corrected chi connectivity index (χ3v) is 3.81. The number of hydrogen-bond acceptors (Lipinski definition) is 3. The molecule has 1 aromatic heterocycles. The van der Waals surface area contributed by atoms with E-state index in [1.807, 2.05) is 13.8 Å². The van der Waals surface area contributed by atoms with Gasteiger partial charge in [-0.1, -0.05) is 13.8 Å². The number of rotatable bonds is 2. The van der Waals surface area contributed by atoms with Crippen molar-refractivity contribution in [2.75, 3.05) is 13.1 Å². The van der Waals surface area contributed by atoms with Crippen LogP contribution in [-0.2, 0) is 6.54 Å². The molecule has 0 aromatic carbocycles. The summed E-state index contributed by atoms with van der Waals surface area (Å²) in [6.07, 6.45) is 1.33. The molecule has 0 spiro atoms. The lowest BCUT2D eigenvalue weighted by Gasteiger charge is -2.21. The fourth-order valence-corrected chi connectivity index (χ4v) is 2.38. The number of nitrogens with zero attached hydrogens (tertiary/aromatic N) is 2. The van der Waals surface area contributed by atoms with Crippen molar-refractivity contribution < 1.29 is 9.50 Å². The van der Waals surface area contributed by atoms with E-state index < -0.39 is 0 Å². The average molecular weight is 303 g/mol. The predicted octanol–water partition coefficient (Wildman–Crippen LogP) is 2.19. The summed E-state index contributed by atoms with van der Waals surface area (Å²) in [7, 11) is 0. The maximum Gasteiger partial charge on any atom is 0.156 e. The van der Waals surface area contributed by atoms with Gasteiger partial charge in [-0.3, -0.25) is 4.90 Å². The molecule has 0 amide bonds. The van der Waals surface area contributed by atoms with Gasteiger partial charge >= 0.3 is 0 Å². The number of likely N-dealkylation sites (tertiary alicyclic amines) is 1. The van der Waals surface area contributed by atoms with Gasteiger partial charge in [-0.25, -0.2) is 9.37 Å². The Bertz CT molecular complexity index is 425. The first-order valence-corrected chi connectivity index (χ1v) is 6.38. The topological polar surface area (TPSA) is 36.4 Å². The molecule has 1 atom stereocenters. The Morgan fingerprint density at radius 3 is 2.88 bits per heavy atom. The van der Waals surface area contributed by atoms with Crippen LogP contribution in [0.3, 0.4) is 0 Å². The normalized spacial score (nSPS) is 24.2. The van der Waals surface area contributed by atoms with E-state index in [0.717, 1.165) is 12.1 Å². The molecule has 94 valence electrons. The Hall–Kier alpha value is -0.520. The summed E-state index contributed by atoms with van der Waals surface area (Å²) >= 11 is 3.03. The lowest BCUT2D eigenvalue weighted by atomic mass is 9.90. The van der Waals surface area contributed by atoms with Crippen LogP contribution in [0.5, 0.6) is 0 Å². The van der Waals surface area contributed by atoms with Gasteiger partial charge in [0.05, 0.1) is 6.10 Å². The monoisotopic (exact) mass is 302 g/mol. The van der Waals surface area contributed by atoms with E-state index in [1.54, 1.807) is 6.20 Å². The molecule has 1 saturated heterocycles. The van der Waals surface area contributed by atoms with Gasteiger partial charge in [-0.2, -0.15) is 0 Å². The van der Waals surface area contributed by atoms with E-state index in [0.29, 0.717) is 13.1 Å². The summed E-state index contributed by atoms with van der Waals surface area (Å²) in [6.45, 7) is 6.14. The van der Waals surface area contributed by atoms with E-state index in [2.05, 4.69) is 25.8 Å². The lowest BCUT2D eigenvalue weighted by molar-refractivity contribution is 0.0954. The first kappa shape index (κ1) is 12.9. The second-order valence-electron chi connectivity index (χ2n) is 5.29. The highest BCUT2D eigenvalue weighted by molar-refractivity contribution is 9.10. The number of aliphatic hydroxyl groups excluding tert-OH is 1. The van der Waals surface area contributed by atoms with Crippen LogP contribution in [-0.4, -0.2) is 34.2 Å². The molecule has 1 aromatic rings. The zero-order valence-electron chi connectivity index (χ0n) is 9.95. The zero-order valence-corrected chi connectivity index (χ0v) is 11.5. The number of hydrogen-bond donors (Lipinski definition) is 1. The Kier molecular flexibility index (Phi) is 3.52. The molecule has 0 radical (unpaired) electrons. The Morgan fingerprint density at radius 2 is 2.35 bits per heavy atom. The third-order valence-electron chi connectivity index (χ3n) is 3.22. The SMILES string of the molecule is CC1(C)CN(Cc2cnc(Br)c(F)c2)CC1O. The zero-order chi connectivity index (χ0) is 12.6. The van der Waals surface area contributed by atoms with E-state index in [1.165, 1.54) is 6.07 Å². The van der Waals surface area contributed by atoms with Crippen molar-refractivity contribution in [1.29, 1.82) is 0 Å². The molecular weight excluding hydrogens is 287 g/mol. The molecule has 2 rings (SSSR count). The second kappa shape index (κ2) is 4.63. The van der Waals surface area contributed by atoms with Crippen molar-refractivity contribution in [2.24, 2.45) is 5.41 Å². The number of aromatic nitrogens is 1. The molecule has 1 unspecified atom stereocenters. The number of β-amino-alcohol motifs (C(OH)–C–C–N with tert-alkyl or cyclic N) is 1.